The molecule has 152 valence electrons. The fourth-order valence-electron chi connectivity index (χ4n) is 4.90. The second-order valence-electron chi connectivity index (χ2n) is 8.51. The average Bonchev–Trinajstić information content (AvgIpc) is 2.69. The Balaban J connectivity index is 1.93. The van der Waals surface area contributed by atoms with E-state index in [1.54, 1.807) is 0 Å². The highest BCUT2D eigenvalue weighted by molar-refractivity contribution is 6.09. The molecule has 5 heteroatoms. The van der Waals surface area contributed by atoms with Crippen molar-refractivity contribution in [2.75, 3.05) is 10.6 Å². The third kappa shape index (κ3) is 3.28. The van der Waals surface area contributed by atoms with Crippen LogP contribution in [0.5, 0.6) is 0 Å². The number of nitrogens with one attached hydrogen (secondary N) is 2. The van der Waals surface area contributed by atoms with Gasteiger partial charge in [0, 0.05) is 0 Å². The summed E-state index contributed by atoms with van der Waals surface area (Å²) in [5.41, 5.74) is 6.83. The van der Waals surface area contributed by atoms with Crippen LogP contribution in [0.25, 0.3) is 11.1 Å². The molecule has 29 heavy (non-hydrogen) atoms. The summed E-state index contributed by atoms with van der Waals surface area (Å²) < 4.78 is 0. The molecule has 2 aliphatic rings. The fraction of sp³-hybridized carbons (Fsp3) is 0.417. The number of carbonyl (C=O) groups excluding carboxylic acids is 1. The number of fused-ring (bicyclic) bond motifs is 1. The number of carboxylic acids is 1. The lowest BCUT2D eigenvalue weighted by molar-refractivity contribution is -0.136. The van der Waals surface area contributed by atoms with Crippen LogP contribution in [0.3, 0.4) is 0 Å². The standard InChI is InChI=1S/C24H28N2O3/c1-14-7-9-17(10-8-14)20-16(3)22-21(15(2)18(20)13-19(27)28)25-23(29)24(26-22)11-5-4-6-12-24/h7-10,26H,4-6,11-13H2,1-3H3,(H,25,29)(H,27,28). The van der Waals surface area contributed by atoms with E-state index < -0.39 is 11.5 Å². The lowest BCUT2D eigenvalue weighted by atomic mass is 9.78. The Morgan fingerprint density at radius 3 is 2.28 bits per heavy atom. The van der Waals surface area contributed by atoms with Crippen LogP contribution < -0.4 is 10.6 Å². The summed E-state index contributed by atoms with van der Waals surface area (Å²) in [6, 6.07) is 8.19. The van der Waals surface area contributed by atoms with Crippen LogP contribution >= 0.6 is 0 Å². The van der Waals surface area contributed by atoms with Crippen LogP contribution in [0.1, 0.15) is 54.4 Å². The van der Waals surface area contributed by atoms with Crippen LogP contribution in [0.4, 0.5) is 11.4 Å². The lowest BCUT2D eigenvalue weighted by Crippen LogP contribution is -2.54. The van der Waals surface area contributed by atoms with Crippen molar-refractivity contribution in [1.82, 2.24) is 0 Å². The van der Waals surface area contributed by atoms with E-state index in [0.29, 0.717) is 0 Å². The first-order chi connectivity index (χ1) is 13.8. The van der Waals surface area contributed by atoms with E-state index in [0.717, 1.165) is 76.9 Å². The average molecular weight is 392 g/mol. The molecule has 1 aliphatic carbocycles. The van der Waals surface area contributed by atoms with E-state index in [1.165, 1.54) is 0 Å². The van der Waals surface area contributed by atoms with E-state index >= 15 is 0 Å². The number of rotatable bonds is 3. The molecule has 1 amide bonds. The van der Waals surface area contributed by atoms with Crippen molar-refractivity contribution in [3.63, 3.8) is 0 Å². The molecule has 1 aliphatic heterocycles. The highest BCUT2D eigenvalue weighted by Gasteiger charge is 2.44. The summed E-state index contributed by atoms with van der Waals surface area (Å²) in [6.45, 7) is 5.98. The molecule has 1 saturated carbocycles. The number of benzene rings is 2. The highest BCUT2D eigenvalue weighted by atomic mass is 16.4. The Labute approximate surface area is 171 Å². The summed E-state index contributed by atoms with van der Waals surface area (Å²) in [7, 11) is 0. The number of aryl methyl sites for hydroxylation is 1. The Bertz CT molecular complexity index is 986. The molecular weight excluding hydrogens is 364 g/mol. The fourth-order valence-corrected chi connectivity index (χ4v) is 4.90. The van der Waals surface area contributed by atoms with E-state index in [1.807, 2.05) is 45.0 Å². The van der Waals surface area contributed by atoms with Crippen LogP contribution in [0.15, 0.2) is 24.3 Å². The maximum absolute atomic E-state index is 13.0. The van der Waals surface area contributed by atoms with Crippen molar-refractivity contribution in [2.24, 2.45) is 0 Å². The van der Waals surface area contributed by atoms with Crippen LogP contribution in [0.2, 0.25) is 0 Å². The Kier molecular flexibility index (Phi) is 4.85. The molecule has 0 bridgehead atoms. The molecule has 0 saturated heterocycles. The van der Waals surface area contributed by atoms with Gasteiger partial charge in [-0.25, -0.2) is 0 Å². The van der Waals surface area contributed by atoms with Gasteiger partial charge in [-0.1, -0.05) is 49.1 Å². The monoisotopic (exact) mass is 392 g/mol. The Morgan fingerprint density at radius 2 is 1.66 bits per heavy atom. The van der Waals surface area contributed by atoms with E-state index in [4.69, 9.17) is 0 Å². The molecule has 4 rings (SSSR count). The molecule has 1 spiro atoms. The third-order valence-corrected chi connectivity index (χ3v) is 6.54. The SMILES string of the molecule is Cc1ccc(-c2c(C)c3c(c(C)c2CC(=O)O)NC(=O)C2(CCCCC2)N3)cc1. The highest BCUT2D eigenvalue weighted by Crippen LogP contribution is 2.47. The number of carboxylic acid groups (broad SMARTS) is 1. The molecule has 2 aromatic carbocycles. The van der Waals surface area contributed by atoms with Gasteiger partial charge in [-0.2, -0.15) is 0 Å². The van der Waals surface area contributed by atoms with Crippen molar-refractivity contribution in [3.05, 3.63) is 46.5 Å². The minimum absolute atomic E-state index is 0.0107. The van der Waals surface area contributed by atoms with Crippen molar-refractivity contribution < 1.29 is 14.7 Å². The first-order valence-corrected chi connectivity index (χ1v) is 10.4. The molecule has 0 aromatic heterocycles. The largest absolute Gasteiger partial charge is 0.481 e. The first kappa shape index (κ1) is 19.5. The summed E-state index contributed by atoms with van der Waals surface area (Å²) >= 11 is 0. The number of hydrogen-bond acceptors (Lipinski definition) is 3. The minimum atomic E-state index is -0.875. The van der Waals surface area contributed by atoms with Gasteiger partial charge in [0.15, 0.2) is 0 Å². The quantitative estimate of drug-likeness (QED) is 0.689. The van der Waals surface area contributed by atoms with Gasteiger partial charge in [0.2, 0.25) is 5.91 Å². The molecule has 0 radical (unpaired) electrons. The predicted molar refractivity (Wildman–Crippen MR) is 115 cm³/mol. The third-order valence-electron chi connectivity index (χ3n) is 6.54. The second-order valence-corrected chi connectivity index (χ2v) is 8.51. The molecular formula is C24H28N2O3. The maximum Gasteiger partial charge on any atom is 0.307 e. The first-order valence-electron chi connectivity index (χ1n) is 10.4. The van der Waals surface area contributed by atoms with E-state index in [2.05, 4.69) is 10.6 Å². The zero-order valence-corrected chi connectivity index (χ0v) is 17.3. The van der Waals surface area contributed by atoms with Gasteiger partial charge in [0.25, 0.3) is 0 Å². The second kappa shape index (κ2) is 7.21. The van der Waals surface area contributed by atoms with Gasteiger partial charge in [0.1, 0.15) is 5.54 Å². The van der Waals surface area contributed by atoms with Gasteiger partial charge in [-0.05, 0) is 61.4 Å². The molecule has 2 aromatic rings. The van der Waals surface area contributed by atoms with Crippen LogP contribution in [-0.2, 0) is 16.0 Å². The van der Waals surface area contributed by atoms with Crippen molar-refractivity contribution in [1.29, 1.82) is 0 Å². The zero-order chi connectivity index (χ0) is 20.8. The van der Waals surface area contributed by atoms with E-state index in [-0.39, 0.29) is 12.3 Å². The van der Waals surface area contributed by atoms with Crippen molar-refractivity contribution >= 4 is 23.3 Å². The molecule has 3 N–H and O–H groups in total. The molecule has 1 fully saturated rings. The molecule has 1 heterocycles. The minimum Gasteiger partial charge on any atom is -0.481 e. The van der Waals surface area contributed by atoms with Gasteiger partial charge in [-0.15, -0.1) is 0 Å². The van der Waals surface area contributed by atoms with Crippen LogP contribution in [0, 0.1) is 20.8 Å². The molecule has 0 atom stereocenters. The maximum atomic E-state index is 13.0. The van der Waals surface area contributed by atoms with Crippen LogP contribution in [-0.4, -0.2) is 22.5 Å². The number of carbonyl (C=O) groups is 2. The molecule has 0 unspecified atom stereocenters. The smallest absolute Gasteiger partial charge is 0.307 e. The lowest BCUT2D eigenvalue weighted by Gasteiger charge is -2.43. The van der Waals surface area contributed by atoms with Crippen molar-refractivity contribution in [3.8, 4) is 11.1 Å². The van der Waals surface area contributed by atoms with E-state index in [9.17, 15) is 14.7 Å². The van der Waals surface area contributed by atoms with Gasteiger partial charge in [0.05, 0.1) is 17.8 Å². The predicted octanol–water partition coefficient (Wildman–Crippen LogP) is 4.97. The number of hydrogen-bond donors (Lipinski definition) is 3. The zero-order valence-electron chi connectivity index (χ0n) is 17.3. The van der Waals surface area contributed by atoms with Crippen molar-refractivity contribution in [2.45, 2.75) is 64.8 Å². The topological polar surface area (TPSA) is 78.4 Å². The summed E-state index contributed by atoms with van der Waals surface area (Å²) in [5.74, 6) is -0.865. The number of aliphatic carboxylic acids is 1. The Hall–Kier alpha value is -2.82. The summed E-state index contributed by atoms with van der Waals surface area (Å²) in [5, 5.41) is 16.3. The molecule has 5 nitrogen and oxygen atoms in total. The van der Waals surface area contributed by atoms with Gasteiger partial charge >= 0.3 is 5.97 Å². The number of amides is 1. The normalized spacial score (nSPS) is 17.4. The summed E-state index contributed by atoms with van der Waals surface area (Å²) in [6.07, 6.45) is 4.81. The Morgan fingerprint density at radius 1 is 1.00 bits per heavy atom. The number of anilines is 2. The van der Waals surface area contributed by atoms with Gasteiger partial charge in [-0.3, -0.25) is 9.59 Å². The summed E-state index contributed by atoms with van der Waals surface area (Å²) in [4.78, 5) is 24.7. The van der Waals surface area contributed by atoms with Gasteiger partial charge < -0.3 is 15.7 Å².